The molecule has 0 saturated carbocycles. The third-order valence-corrected chi connectivity index (χ3v) is 4.47. The second-order valence-corrected chi connectivity index (χ2v) is 6.09. The van der Waals surface area contributed by atoms with Gasteiger partial charge in [-0.1, -0.05) is 38.1 Å². The minimum Gasteiger partial charge on any atom is -0.0804 e. The van der Waals surface area contributed by atoms with Gasteiger partial charge in [-0.25, -0.2) is 0 Å². The van der Waals surface area contributed by atoms with E-state index in [4.69, 9.17) is 0 Å². The van der Waals surface area contributed by atoms with Crippen LogP contribution in [0.3, 0.4) is 0 Å². The Balaban J connectivity index is 2.26. The van der Waals surface area contributed by atoms with Crippen molar-refractivity contribution in [1.29, 1.82) is 0 Å². The summed E-state index contributed by atoms with van der Waals surface area (Å²) in [7, 11) is 0. The molecule has 0 N–H and O–H groups in total. The molecule has 0 saturated heterocycles. The SMILES string of the molecule is Cc1ccc(C(C)C)cc2c(C)c(C3=CCC3)cc1-2. The fourth-order valence-corrected chi connectivity index (χ4v) is 2.94. The Bertz CT molecular complexity index is 629. The molecule has 0 fully saturated rings. The van der Waals surface area contributed by atoms with Gasteiger partial charge in [-0.2, -0.15) is 0 Å². The second-order valence-electron chi connectivity index (χ2n) is 6.09. The lowest BCUT2D eigenvalue weighted by Gasteiger charge is -2.14. The van der Waals surface area contributed by atoms with Crippen LogP contribution < -0.4 is 0 Å². The standard InChI is InChI=1S/C19H22/c1-12(2)16-9-8-13(3)17-11-18(15-6-5-7-15)14(4)19(17)10-16/h6,8-12H,5,7H2,1-4H3. The molecule has 0 unspecified atom stereocenters. The van der Waals surface area contributed by atoms with Crippen LogP contribution in [0.4, 0.5) is 0 Å². The van der Waals surface area contributed by atoms with Gasteiger partial charge in [-0.05, 0) is 77.6 Å². The fourth-order valence-electron chi connectivity index (χ4n) is 2.94. The first-order valence-electron chi connectivity index (χ1n) is 7.31. The lowest BCUT2D eigenvalue weighted by molar-refractivity contribution is 0.868. The zero-order valence-electron chi connectivity index (χ0n) is 12.4. The molecule has 98 valence electrons. The van der Waals surface area contributed by atoms with E-state index in [1.54, 1.807) is 5.57 Å². The Labute approximate surface area is 116 Å². The highest BCUT2D eigenvalue weighted by Gasteiger charge is 2.19. The summed E-state index contributed by atoms with van der Waals surface area (Å²) in [5.74, 6) is 0.579. The second kappa shape index (κ2) is 4.52. The predicted molar refractivity (Wildman–Crippen MR) is 83.8 cm³/mol. The molecule has 0 nitrogen and oxygen atoms in total. The normalized spacial score (nSPS) is 14.7. The Morgan fingerprint density at radius 1 is 0.947 bits per heavy atom. The summed E-state index contributed by atoms with van der Waals surface area (Å²) in [6, 6.07) is 9.35. The van der Waals surface area contributed by atoms with Crippen molar-refractivity contribution >= 4 is 5.57 Å². The number of hydrogen-bond acceptors (Lipinski definition) is 0. The van der Waals surface area contributed by atoms with Gasteiger partial charge in [-0.15, -0.1) is 0 Å². The van der Waals surface area contributed by atoms with E-state index in [0.717, 1.165) is 0 Å². The number of rotatable bonds is 2. The molecular formula is C19H22. The quantitative estimate of drug-likeness (QED) is 0.640. The summed E-state index contributed by atoms with van der Waals surface area (Å²) < 4.78 is 0. The first-order valence-corrected chi connectivity index (χ1v) is 7.31. The summed E-state index contributed by atoms with van der Waals surface area (Å²) in [5.41, 5.74) is 10.2. The molecule has 0 aliphatic heterocycles. The van der Waals surface area contributed by atoms with Gasteiger partial charge in [0.15, 0.2) is 0 Å². The first-order chi connectivity index (χ1) is 9.08. The Morgan fingerprint density at radius 3 is 2.26 bits per heavy atom. The van der Waals surface area contributed by atoms with Gasteiger partial charge in [0, 0.05) is 0 Å². The average molecular weight is 250 g/mol. The Kier molecular flexibility index (Phi) is 2.97. The molecule has 3 rings (SSSR count). The number of fused-ring (bicyclic) bond motifs is 1. The molecule has 0 aromatic carbocycles. The third-order valence-electron chi connectivity index (χ3n) is 4.47. The van der Waals surface area contributed by atoms with E-state index in [-0.39, 0.29) is 0 Å². The number of allylic oxidation sites excluding steroid dienone is 2. The maximum absolute atomic E-state index is 2.40. The van der Waals surface area contributed by atoms with Crippen LogP contribution in [0.25, 0.3) is 16.7 Å². The van der Waals surface area contributed by atoms with E-state index >= 15 is 0 Å². The minimum absolute atomic E-state index is 0.579. The van der Waals surface area contributed by atoms with Crippen LogP contribution in [0.2, 0.25) is 0 Å². The molecule has 0 atom stereocenters. The third kappa shape index (κ3) is 2.00. The molecule has 3 aliphatic carbocycles. The number of hydrogen-bond donors (Lipinski definition) is 0. The minimum atomic E-state index is 0.579. The maximum Gasteiger partial charge on any atom is -0.0143 e. The predicted octanol–water partition coefficient (Wildman–Crippen LogP) is 5.71. The monoisotopic (exact) mass is 250 g/mol. The van der Waals surface area contributed by atoms with E-state index in [9.17, 15) is 0 Å². The molecule has 0 bridgehead atoms. The lowest BCUT2D eigenvalue weighted by Crippen LogP contribution is -1.93. The van der Waals surface area contributed by atoms with Gasteiger partial charge >= 0.3 is 0 Å². The van der Waals surface area contributed by atoms with Crippen molar-refractivity contribution in [3.8, 4) is 11.1 Å². The highest BCUT2D eigenvalue weighted by molar-refractivity contribution is 5.85. The molecular weight excluding hydrogens is 228 g/mol. The van der Waals surface area contributed by atoms with Gasteiger partial charge in [0.1, 0.15) is 0 Å². The van der Waals surface area contributed by atoms with Gasteiger partial charge in [0.05, 0.1) is 0 Å². The lowest BCUT2D eigenvalue weighted by atomic mass is 9.91. The van der Waals surface area contributed by atoms with Crippen LogP contribution in [-0.2, 0) is 0 Å². The smallest absolute Gasteiger partial charge is 0.0143 e. The van der Waals surface area contributed by atoms with Gasteiger partial charge < -0.3 is 0 Å². The van der Waals surface area contributed by atoms with Gasteiger partial charge in [0.2, 0.25) is 0 Å². The van der Waals surface area contributed by atoms with Crippen LogP contribution in [0.5, 0.6) is 0 Å². The fraction of sp³-hybridized carbons (Fsp3) is 0.368. The summed E-state index contributed by atoms with van der Waals surface area (Å²) in [4.78, 5) is 0. The van der Waals surface area contributed by atoms with Crippen molar-refractivity contribution in [2.24, 2.45) is 0 Å². The molecule has 0 radical (unpaired) electrons. The van der Waals surface area contributed by atoms with Crippen LogP contribution in [0.15, 0.2) is 30.3 Å². The molecule has 0 spiro atoms. The Morgan fingerprint density at radius 2 is 1.68 bits per heavy atom. The molecule has 0 heterocycles. The van der Waals surface area contributed by atoms with Crippen LogP contribution in [0.1, 0.15) is 54.9 Å². The van der Waals surface area contributed by atoms with Crippen molar-refractivity contribution in [3.05, 3.63) is 52.6 Å². The Hall–Kier alpha value is -1.56. The summed E-state index contributed by atoms with van der Waals surface area (Å²) in [6.45, 7) is 9.04. The molecule has 0 amide bonds. The number of aryl methyl sites for hydroxylation is 1. The van der Waals surface area contributed by atoms with E-state index < -0.39 is 0 Å². The first kappa shape index (κ1) is 12.5. The molecule has 0 aromatic rings. The molecule has 19 heavy (non-hydrogen) atoms. The van der Waals surface area contributed by atoms with Crippen LogP contribution in [-0.4, -0.2) is 0 Å². The van der Waals surface area contributed by atoms with E-state index in [1.165, 1.54) is 46.2 Å². The zero-order chi connectivity index (χ0) is 13.6. The molecule has 0 heteroatoms. The highest BCUT2D eigenvalue weighted by Crippen LogP contribution is 2.41. The van der Waals surface area contributed by atoms with Gasteiger partial charge in [0.25, 0.3) is 0 Å². The summed E-state index contributed by atoms with van der Waals surface area (Å²) in [5, 5.41) is 0. The average Bonchev–Trinajstić information content (AvgIpc) is 2.51. The van der Waals surface area contributed by atoms with Crippen molar-refractivity contribution < 1.29 is 0 Å². The topological polar surface area (TPSA) is 0 Å². The summed E-state index contributed by atoms with van der Waals surface area (Å²) >= 11 is 0. The largest absolute Gasteiger partial charge is 0.0804 e. The van der Waals surface area contributed by atoms with E-state index in [1.807, 2.05) is 0 Å². The van der Waals surface area contributed by atoms with Crippen molar-refractivity contribution in [2.45, 2.75) is 46.5 Å². The van der Waals surface area contributed by atoms with Crippen molar-refractivity contribution in [2.75, 3.05) is 0 Å². The van der Waals surface area contributed by atoms with Gasteiger partial charge in [-0.3, -0.25) is 0 Å². The van der Waals surface area contributed by atoms with Crippen molar-refractivity contribution in [1.82, 2.24) is 0 Å². The molecule has 0 aromatic heterocycles. The highest BCUT2D eigenvalue weighted by atomic mass is 14.2. The maximum atomic E-state index is 2.40. The molecule has 3 aliphatic rings. The van der Waals surface area contributed by atoms with Crippen LogP contribution in [0, 0.1) is 13.8 Å². The zero-order valence-corrected chi connectivity index (χ0v) is 12.4. The summed E-state index contributed by atoms with van der Waals surface area (Å²) in [6.07, 6.45) is 4.87. The van der Waals surface area contributed by atoms with E-state index in [0.29, 0.717) is 5.92 Å². The van der Waals surface area contributed by atoms with E-state index in [2.05, 4.69) is 58.0 Å². The van der Waals surface area contributed by atoms with Crippen molar-refractivity contribution in [3.63, 3.8) is 0 Å². The van der Waals surface area contributed by atoms with Crippen LogP contribution >= 0.6 is 0 Å².